The molecule has 0 N–H and O–H groups in total. The van der Waals surface area contributed by atoms with Gasteiger partial charge < -0.3 is 14.2 Å². The van der Waals surface area contributed by atoms with Crippen molar-refractivity contribution in [2.24, 2.45) is 4.99 Å². The Morgan fingerprint density at radius 3 is 2.61 bits per heavy atom. The number of nitrogens with zero attached hydrogens (tertiary/aromatic N) is 2. The SMILES string of the molecule is CCOC(=O)C1=C(C)N=c2s/c(=C\c3cc(Cl)cc(I)c3OCc3ccc(Br)cc3)c(=O)n2[C@@H]1c1ccccc1OC(C)C. The van der Waals surface area contributed by atoms with E-state index in [2.05, 4.69) is 38.5 Å². The molecule has 1 atom stereocenters. The summed E-state index contributed by atoms with van der Waals surface area (Å²) in [6.07, 6.45) is 1.65. The molecule has 4 aromatic rings. The van der Waals surface area contributed by atoms with E-state index in [1.165, 1.54) is 11.3 Å². The van der Waals surface area contributed by atoms with E-state index in [1.54, 1.807) is 30.6 Å². The van der Waals surface area contributed by atoms with Crippen LogP contribution in [0.25, 0.3) is 6.08 Å². The van der Waals surface area contributed by atoms with E-state index in [1.807, 2.05) is 68.4 Å². The van der Waals surface area contributed by atoms with Gasteiger partial charge in [-0.2, -0.15) is 0 Å². The van der Waals surface area contributed by atoms with Gasteiger partial charge in [-0.15, -0.1) is 0 Å². The Morgan fingerprint density at radius 2 is 1.91 bits per heavy atom. The number of rotatable bonds is 9. The maximum absolute atomic E-state index is 14.2. The lowest BCUT2D eigenvalue weighted by atomic mass is 9.95. The Morgan fingerprint density at radius 1 is 1.18 bits per heavy atom. The molecule has 44 heavy (non-hydrogen) atoms. The Labute approximate surface area is 286 Å². The molecule has 1 aliphatic heterocycles. The number of fused-ring (bicyclic) bond motifs is 1. The molecular weight excluding hydrogens is 779 g/mol. The van der Waals surface area contributed by atoms with Crippen LogP contribution in [0.2, 0.25) is 5.02 Å². The minimum absolute atomic E-state index is 0.121. The van der Waals surface area contributed by atoms with Crippen LogP contribution < -0.4 is 24.4 Å². The first-order valence-corrected chi connectivity index (χ1v) is 17.0. The molecular formula is C33H29BrClIN2O5S. The Hall–Kier alpha value is -2.93. The molecule has 0 spiro atoms. The number of hydrogen-bond acceptors (Lipinski definition) is 7. The maximum atomic E-state index is 14.2. The van der Waals surface area contributed by atoms with Gasteiger partial charge in [-0.05, 0) is 92.3 Å². The number of para-hydroxylation sites is 1. The number of benzene rings is 3. The van der Waals surface area contributed by atoms with Crippen molar-refractivity contribution in [1.29, 1.82) is 0 Å². The molecule has 0 saturated carbocycles. The largest absolute Gasteiger partial charge is 0.491 e. The highest BCUT2D eigenvalue weighted by Gasteiger charge is 2.35. The molecule has 0 unspecified atom stereocenters. The molecule has 2 heterocycles. The highest BCUT2D eigenvalue weighted by Crippen LogP contribution is 2.36. The van der Waals surface area contributed by atoms with E-state index in [0.717, 1.165) is 13.6 Å². The van der Waals surface area contributed by atoms with Gasteiger partial charge in [0.2, 0.25) is 0 Å². The van der Waals surface area contributed by atoms with Gasteiger partial charge in [-0.1, -0.05) is 69.2 Å². The van der Waals surface area contributed by atoms with Crippen molar-refractivity contribution in [3.05, 3.63) is 121 Å². The predicted molar refractivity (Wildman–Crippen MR) is 185 cm³/mol. The molecule has 3 aromatic carbocycles. The predicted octanol–water partition coefficient (Wildman–Crippen LogP) is 7.19. The maximum Gasteiger partial charge on any atom is 0.338 e. The molecule has 7 nitrogen and oxygen atoms in total. The number of esters is 1. The van der Waals surface area contributed by atoms with Gasteiger partial charge in [0.15, 0.2) is 4.80 Å². The molecule has 5 rings (SSSR count). The molecule has 0 bridgehead atoms. The first kappa shape index (κ1) is 32.5. The van der Waals surface area contributed by atoms with Crippen LogP contribution in [-0.2, 0) is 16.1 Å². The highest BCUT2D eigenvalue weighted by molar-refractivity contribution is 14.1. The van der Waals surface area contributed by atoms with Gasteiger partial charge in [0.1, 0.15) is 24.1 Å². The number of allylic oxidation sites excluding steroid dienone is 1. The second kappa shape index (κ2) is 14.0. The van der Waals surface area contributed by atoms with Crippen LogP contribution in [0.1, 0.15) is 50.4 Å². The molecule has 0 radical (unpaired) electrons. The lowest BCUT2D eigenvalue weighted by molar-refractivity contribution is -0.139. The zero-order valence-corrected chi connectivity index (χ0v) is 29.7. The average Bonchev–Trinajstić information content (AvgIpc) is 3.26. The summed E-state index contributed by atoms with van der Waals surface area (Å²) < 4.78 is 21.6. The van der Waals surface area contributed by atoms with Crippen molar-refractivity contribution in [3.8, 4) is 11.5 Å². The highest BCUT2D eigenvalue weighted by atomic mass is 127. The number of halogens is 3. The molecule has 0 saturated heterocycles. The quantitative estimate of drug-likeness (QED) is 0.132. The van der Waals surface area contributed by atoms with Gasteiger partial charge in [-0.25, -0.2) is 9.79 Å². The lowest BCUT2D eigenvalue weighted by Crippen LogP contribution is -2.40. The monoisotopic (exact) mass is 806 g/mol. The third-order valence-electron chi connectivity index (χ3n) is 6.71. The minimum atomic E-state index is -0.796. The number of aromatic nitrogens is 1. The van der Waals surface area contributed by atoms with E-state index in [4.69, 9.17) is 30.8 Å². The van der Waals surface area contributed by atoms with E-state index in [9.17, 15) is 9.59 Å². The van der Waals surface area contributed by atoms with Crippen LogP contribution in [0.5, 0.6) is 11.5 Å². The summed E-state index contributed by atoms with van der Waals surface area (Å²) in [5, 5.41) is 0.516. The first-order chi connectivity index (χ1) is 21.1. The fourth-order valence-electron chi connectivity index (χ4n) is 4.87. The average molecular weight is 808 g/mol. The van der Waals surface area contributed by atoms with Crippen molar-refractivity contribution in [3.63, 3.8) is 0 Å². The number of ether oxygens (including phenoxy) is 3. The summed E-state index contributed by atoms with van der Waals surface area (Å²) in [6, 6.07) is 18.1. The van der Waals surface area contributed by atoms with Crippen molar-refractivity contribution in [1.82, 2.24) is 4.57 Å². The smallest absolute Gasteiger partial charge is 0.338 e. The summed E-state index contributed by atoms with van der Waals surface area (Å²) in [4.78, 5) is 32.7. The Balaban J connectivity index is 1.67. The summed E-state index contributed by atoms with van der Waals surface area (Å²) in [5.41, 5.74) is 2.79. The van der Waals surface area contributed by atoms with E-state index in [0.29, 0.717) is 54.9 Å². The molecule has 228 valence electrons. The van der Waals surface area contributed by atoms with Crippen LogP contribution in [0.15, 0.2) is 86.2 Å². The molecule has 0 amide bonds. The number of carbonyl (C=O) groups is 1. The lowest BCUT2D eigenvalue weighted by Gasteiger charge is -2.26. The third kappa shape index (κ3) is 6.98. The molecule has 1 aromatic heterocycles. The van der Waals surface area contributed by atoms with Gasteiger partial charge in [0.25, 0.3) is 5.56 Å². The van der Waals surface area contributed by atoms with Crippen molar-refractivity contribution in [2.45, 2.75) is 46.4 Å². The van der Waals surface area contributed by atoms with Gasteiger partial charge in [0.05, 0.1) is 32.1 Å². The number of carbonyl (C=O) groups excluding carboxylic acids is 1. The van der Waals surface area contributed by atoms with Crippen molar-refractivity contribution in [2.75, 3.05) is 6.61 Å². The number of thiazole rings is 1. The summed E-state index contributed by atoms with van der Waals surface area (Å²) in [7, 11) is 0. The molecule has 1 aliphatic rings. The fourth-order valence-corrected chi connectivity index (χ4v) is 7.39. The Bertz CT molecular complexity index is 1930. The van der Waals surface area contributed by atoms with Crippen LogP contribution in [0, 0.1) is 3.57 Å². The number of hydrogen-bond donors (Lipinski definition) is 0. The fraction of sp³-hybridized carbons (Fsp3) is 0.242. The van der Waals surface area contributed by atoms with Gasteiger partial charge in [0, 0.05) is 20.6 Å². The third-order valence-corrected chi connectivity index (χ3v) is 9.24. The topological polar surface area (TPSA) is 79.1 Å². The van der Waals surface area contributed by atoms with Gasteiger partial charge in [-0.3, -0.25) is 9.36 Å². The molecule has 11 heteroatoms. The van der Waals surface area contributed by atoms with Crippen LogP contribution in [0.3, 0.4) is 0 Å². The zero-order valence-electron chi connectivity index (χ0n) is 24.4. The molecule has 0 aliphatic carbocycles. The standard InChI is InChI=1S/C33H29BrClIN2O5S/c1-5-41-32(40)28-19(4)37-33-38(29(28)24-8-6-7-9-26(24)43-18(2)3)31(39)27(44-33)15-21-14-23(35)16-25(36)30(21)42-17-20-10-12-22(34)13-11-20/h6-16,18,29H,5,17H2,1-4H3/b27-15-/t29-/m1/s1. The second-order valence-electron chi connectivity index (χ2n) is 10.2. The van der Waals surface area contributed by atoms with Crippen LogP contribution >= 0.6 is 61.5 Å². The van der Waals surface area contributed by atoms with Gasteiger partial charge >= 0.3 is 5.97 Å². The zero-order chi connectivity index (χ0) is 31.5. The first-order valence-electron chi connectivity index (χ1n) is 13.9. The normalized spacial score (nSPS) is 14.8. The van der Waals surface area contributed by atoms with E-state index in [-0.39, 0.29) is 18.3 Å². The molecule has 0 fully saturated rings. The summed E-state index contributed by atoms with van der Waals surface area (Å²) >= 11 is 13.4. The summed E-state index contributed by atoms with van der Waals surface area (Å²) in [6.45, 7) is 7.89. The van der Waals surface area contributed by atoms with E-state index < -0.39 is 12.0 Å². The van der Waals surface area contributed by atoms with Crippen LogP contribution in [-0.4, -0.2) is 23.2 Å². The van der Waals surface area contributed by atoms with Crippen molar-refractivity contribution >= 4 is 73.5 Å². The summed E-state index contributed by atoms with van der Waals surface area (Å²) in [5.74, 6) is 0.659. The second-order valence-corrected chi connectivity index (χ2v) is 13.8. The van der Waals surface area contributed by atoms with Crippen molar-refractivity contribution < 1.29 is 19.0 Å². The van der Waals surface area contributed by atoms with E-state index >= 15 is 0 Å². The van der Waals surface area contributed by atoms with Crippen LogP contribution in [0.4, 0.5) is 0 Å². The Kier molecular flexibility index (Phi) is 10.3. The minimum Gasteiger partial charge on any atom is -0.491 e.